The van der Waals surface area contributed by atoms with Crippen LogP contribution >= 0.6 is 0 Å². The van der Waals surface area contributed by atoms with Gasteiger partial charge in [0.05, 0.1) is 0 Å². The van der Waals surface area contributed by atoms with Crippen LogP contribution in [0.1, 0.15) is 105 Å². The molecule has 0 atom stereocenters. The molecule has 0 fully saturated rings. The SMILES string of the molecule is CC(C)(C)c1cc(-c2c3cc4c5ccccc5c5cccc(c3c(-c3cc(C(C)(C)C)cc(C(C)(C)C)c3)c3c6cccc7cccc(c23)c76)c54)cc(C(C)(C)C)c1. The van der Waals surface area contributed by atoms with E-state index in [1.807, 2.05) is 0 Å². The van der Waals surface area contributed by atoms with Crippen LogP contribution in [0.3, 0.4) is 0 Å². The molecule has 0 radical (unpaired) electrons. The van der Waals surface area contributed by atoms with Crippen LogP contribution in [0, 0.1) is 0 Å². The van der Waals surface area contributed by atoms with Gasteiger partial charge >= 0.3 is 0 Å². The van der Waals surface area contributed by atoms with Gasteiger partial charge in [-0.05, 0) is 148 Å². The predicted octanol–water partition coefficient (Wildman–Crippen LogP) is 17.2. The highest BCUT2D eigenvalue weighted by atomic mass is 14.3. The summed E-state index contributed by atoms with van der Waals surface area (Å²) in [5, 5.41) is 18.8. The molecule has 0 saturated carbocycles. The minimum Gasteiger partial charge on any atom is -0.0616 e. The van der Waals surface area contributed by atoms with Crippen LogP contribution in [-0.4, -0.2) is 0 Å². The van der Waals surface area contributed by atoms with Crippen molar-refractivity contribution in [1.82, 2.24) is 0 Å². The van der Waals surface area contributed by atoms with Crippen LogP contribution < -0.4 is 0 Å². The Morgan fingerprint density at radius 2 is 0.638 bits per heavy atom. The van der Waals surface area contributed by atoms with E-state index in [-0.39, 0.29) is 21.7 Å². The Morgan fingerprint density at radius 3 is 1.12 bits per heavy atom. The van der Waals surface area contributed by atoms with Crippen LogP contribution in [0.4, 0.5) is 0 Å². The summed E-state index contributed by atoms with van der Waals surface area (Å²) in [6.45, 7) is 28.4. The Labute approximate surface area is 344 Å². The fourth-order valence-corrected chi connectivity index (χ4v) is 10.0. The first kappa shape index (κ1) is 36.9. The van der Waals surface area contributed by atoms with Crippen LogP contribution in [0.25, 0.3) is 97.7 Å². The second kappa shape index (κ2) is 12.0. The molecule has 0 bridgehead atoms. The van der Waals surface area contributed by atoms with E-state index < -0.39 is 0 Å². The minimum absolute atomic E-state index is 0.0245. The van der Waals surface area contributed by atoms with Gasteiger partial charge < -0.3 is 0 Å². The molecule has 0 aliphatic heterocycles. The number of fused-ring (bicyclic) bond motifs is 8. The number of benzene rings is 8. The van der Waals surface area contributed by atoms with Crippen LogP contribution in [-0.2, 0) is 21.7 Å². The molecule has 0 heteroatoms. The first-order valence-corrected chi connectivity index (χ1v) is 21.4. The molecule has 0 aliphatic rings. The second-order valence-electron chi connectivity index (χ2n) is 21.4. The molecule has 0 unspecified atom stereocenters. The number of hydrogen-bond acceptors (Lipinski definition) is 0. The molecule has 288 valence electrons. The summed E-state index contributed by atoms with van der Waals surface area (Å²) in [4.78, 5) is 0. The highest BCUT2D eigenvalue weighted by Gasteiger charge is 2.30. The molecular weight excluding hydrogens is 697 g/mol. The average Bonchev–Trinajstić information content (AvgIpc) is 3.67. The van der Waals surface area contributed by atoms with Crippen molar-refractivity contribution in [3.05, 3.63) is 144 Å². The molecule has 58 heavy (non-hydrogen) atoms. The summed E-state index contributed by atoms with van der Waals surface area (Å²) in [6.07, 6.45) is 0. The van der Waals surface area contributed by atoms with Crippen molar-refractivity contribution in [2.24, 2.45) is 0 Å². The maximum absolute atomic E-state index is 2.59. The average molecular weight is 753 g/mol. The van der Waals surface area contributed by atoms with E-state index in [4.69, 9.17) is 0 Å². The van der Waals surface area contributed by atoms with Gasteiger partial charge in [-0.2, -0.15) is 0 Å². The van der Waals surface area contributed by atoms with Gasteiger partial charge in [0.1, 0.15) is 0 Å². The molecular formula is C58H56. The van der Waals surface area contributed by atoms with Gasteiger partial charge in [0.15, 0.2) is 0 Å². The zero-order valence-electron chi connectivity index (χ0n) is 36.5. The molecule has 0 saturated heterocycles. The summed E-state index contributed by atoms with van der Waals surface area (Å²) in [7, 11) is 0. The van der Waals surface area contributed by atoms with Crippen molar-refractivity contribution in [1.29, 1.82) is 0 Å². The number of rotatable bonds is 2. The molecule has 0 spiro atoms. The second-order valence-corrected chi connectivity index (χ2v) is 21.4. The molecule has 10 aromatic carbocycles. The Morgan fingerprint density at radius 1 is 0.259 bits per heavy atom. The van der Waals surface area contributed by atoms with E-state index in [1.165, 1.54) is 120 Å². The summed E-state index contributed by atoms with van der Waals surface area (Å²) in [6, 6.07) is 47.7. The van der Waals surface area contributed by atoms with Gasteiger partial charge in [-0.1, -0.05) is 198 Å². The fraction of sp³-hybridized carbons (Fsp3) is 0.276. The van der Waals surface area contributed by atoms with Gasteiger partial charge in [0.25, 0.3) is 0 Å². The molecule has 0 nitrogen and oxygen atoms in total. The van der Waals surface area contributed by atoms with Crippen molar-refractivity contribution >= 4 is 75.4 Å². The van der Waals surface area contributed by atoms with Crippen molar-refractivity contribution in [3.8, 4) is 22.3 Å². The topological polar surface area (TPSA) is 0 Å². The molecule has 0 aromatic heterocycles. The predicted molar refractivity (Wildman–Crippen MR) is 257 cm³/mol. The van der Waals surface area contributed by atoms with Crippen molar-refractivity contribution in [2.75, 3.05) is 0 Å². The third kappa shape index (κ3) is 5.40. The summed E-state index contributed by atoms with van der Waals surface area (Å²) >= 11 is 0. The quantitative estimate of drug-likeness (QED) is 0.154. The smallest absolute Gasteiger partial charge is 0.000719 e. The van der Waals surface area contributed by atoms with E-state index in [0.29, 0.717) is 0 Å². The summed E-state index contributed by atoms with van der Waals surface area (Å²) in [5.74, 6) is 0. The number of hydrogen-bond donors (Lipinski definition) is 0. The van der Waals surface area contributed by atoms with Gasteiger partial charge in [-0.3, -0.25) is 0 Å². The maximum atomic E-state index is 2.59. The lowest BCUT2D eigenvalue weighted by Gasteiger charge is -2.28. The third-order valence-electron chi connectivity index (χ3n) is 13.3. The Kier molecular flexibility index (Phi) is 7.65. The zero-order chi connectivity index (χ0) is 40.8. The molecule has 0 aliphatic carbocycles. The zero-order valence-corrected chi connectivity index (χ0v) is 36.5. The van der Waals surface area contributed by atoms with Gasteiger partial charge in [-0.15, -0.1) is 0 Å². The third-order valence-corrected chi connectivity index (χ3v) is 13.3. The highest BCUT2D eigenvalue weighted by Crippen LogP contribution is 2.55. The van der Waals surface area contributed by atoms with Crippen LogP contribution in [0.15, 0.2) is 121 Å². The molecule has 10 aromatic rings. The molecule has 0 heterocycles. The van der Waals surface area contributed by atoms with Gasteiger partial charge in [0, 0.05) is 0 Å². The fourth-order valence-electron chi connectivity index (χ4n) is 10.0. The van der Waals surface area contributed by atoms with Crippen LogP contribution in [0.5, 0.6) is 0 Å². The Hall–Kier alpha value is -5.46. The van der Waals surface area contributed by atoms with E-state index in [2.05, 4.69) is 204 Å². The molecule has 0 amide bonds. The normalized spacial score (nSPS) is 13.5. The minimum atomic E-state index is -0.0262. The van der Waals surface area contributed by atoms with Crippen molar-refractivity contribution < 1.29 is 0 Å². The summed E-state index contributed by atoms with van der Waals surface area (Å²) < 4.78 is 0. The lowest BCUT2D eigenvalue weighted by atomic mass is 9.76. The van der Waals surface area contributed by atoms with Gasteiger partial charge in [-0.25, -0.2) is 0 Å². The largest absolute Gasteiger partial charge is 0.0616 e. The first-order valence-electron chi connectivity index (χ1n) is 21.4. The Bertz CT molecular complexity index is 3220. The van der Waals surface area contributed by atoms with Crippen molar-refractivity contribution in [2.45, 2.75) is 105 Å². The summed E-state index contributed by atoms with van der Waals surface area (Å²) in [5.41, 5.74) is 10.7. The lowest BCUT2D eigenvalue weighted by Crippen LogP contribution is -2.16. The molecule has 10 rings (SSSR count). The first-order chi connectivity index (χ1) is 27.3. The van der Waals surface area contributed by atoms with E-state index in [0.717, 1.165) is 0 Å². The maximum Gasteiger partial charge on any atom is -0.000719 e. The highest BCUT2D eigenvalue weighted by molar-refractivity contribution is 6.44. The standard InChI is InChI=1S/C58H56/c1-55(2,3)36-26-34(27-37(30-36)56(4,5)6)49-47-32-46-41-21-14-13-20-40(41)42-22-17-25-45(51(42)46)52(47)50(35-28-38(57(7,8)9)31-39(29-35)58(10,11)12)54-44-24-16-19-33-18-15-23-43(48(33)44)53(49)54/h13-32H,1-12H3. The van der Waals surface area contributed by atoms with Gasteiger partial charge in [0.2, 0.25) is 0 Å². The van der Waals surface area contributed by atoms with E-state index in [9.17, 15) is 0 Å². The Balaban J connectivity index is 1.56. The monoisotopic (exact) mass is 752 g/mol. The molecule has 0 N–H and O–H groups in total. The van der Waals surface area contributed by atoms with Crippen molar-refractivity contribution in [3.63, 3.8) is 0 Å². The van der Waals surface area contributed by atoms with Crippen LogP contribution in [0.2, 0.25) is 0 Å². The van der Waals surface area contributed by atoms with E-state index >= 15 is 0 Å². The van der Waals surface area contributed by atoms with E-state index in [1.54, 1.807) is 0 Å². The lowest BCUT2D eigenvalue weighted by molar-refractivity contribution is 0.568.